The van der Waals surface area contributed by atoms with Gasteiger partial charge in [0.05, 0.1) is 18.8 Å². The van der Waals surface area contributed by atoms with Gasteiger partial charge in [0.2, 0.25) is 5.91 Å². The first kappa shape index (κ1) is 47.0. The molecule has 0 fully saturated rings. The monoisotopic (exact) mass is 682 g/mol. The summed E-state index contributed by atoms with van der Waals surface area (Å²) in [6.45, 7) is 3.95. The number of unbranched alkanes of at least 4 members (excludes halogenated alkanes) is 27. The average molecular weight is 682 g/mol. The summed E-state index contributed by atoms with van der Waals surface area (Å²) in [5, 5.41) is 43.1. The van der Waals surface area contributed by atoms with Crippen molar-refractivity contribution in [2.75, 3.05) is 6.61 Å². The molecule has 6 heteroatoms. The molecular formula is C42H83NO5. The number of carbonyl (C=O) groups excluding carboxylic acids is 1. The maximum Gasteiger partial charge on any atom is 0.249 e. The Balaban J connectivity index is 3.54. The lowest BCUT2D eigenvalue weighted by Crippen LogP contribution is -2.53. The predicted molar refractivity (Wildman–Crippen MR) is 205 cm³/mol. The lowest BCUT2D eigenvalue weighted by atomic mass is 9.99. The van der Waals surface area contributed by atoms with Crippen LogP contribution in [-0.2, 0) is 4.79 Å². The fraction of sp³-hybridized carbons (Fsp3) is 0.929. The van der Waals surface area contributed by atoms with Crippen molar-refractivity contribution in [1.29, 1.82) is 0 Å². The highest BCUT2D eigenvalue weighted by Gasteiger charge is 2.28. The van der Waals surface area contributed by atoms with E-state index < -0.39 is 36.9 Å². The quantitative estimate of drug-likeness (QED) is 0.0329. The van der Waals surface area contributed by atoms with Gasteiger partial charge < -0.3 is 25.7 Å². The van der Waals surface area contributed by atoms with Crippen LogP contribution in [0.2, 0.25) is 0 Å². The Kier molecular flexibility index (Phi) is 36.6. The highest BCUT2D eigenvalue weighted by molar-refractivity contribution is 5.80. The number of amides is 1. The molecule has 0 rings (SSSR count). The molecule has 0 saturated carbocycles. The molecular weight excluding hydrogens is 598 g/mol. The van der Waals surface area contributed by atoms with E-state index in [2.05, 4.69) is 31.3 Å². The van der Waals surface area contributed by atoms with Gasteiger partial charge in [-0.15, -0.1) is 0 Å². The molecule has 0 aromatic carbocycles. The maximum atomic E-state index is 12.4. The van der Waals surface area contributed by atoms with E-state index in [0.29, 0.717) is 12.8 Å². The SMILES string of the molecule is CCCCCCCCCCCCCC/C=C\CCCCCCCCCCCCCC(O)C(=O)NC(CO)C(O)C(O)CCCCCCC. The van der Waals surface area contributed by atoms with E-state index in [1.807, 2.05) is 0 Å². The molecule has 4 atom stereocenters. The number of aliphatic hydroxyl groups is 4. The van der Waals surface area contributed by atoms with Crippen LogP contribution in [0, 0.1) is 0 Å². The first-order valence-corrected chi connectivity index (χ1v) is 21.1. The molecule has 0 heterocycles. The Morgan fingerprint density at radius 3 is 1.21 bits per heavy atom. The zero-order valence-electron chi connectivity index (χ0n) is 32.0. The number of hydrogen-bond donors (Lipinski definition) is 5. The van der Waals surface area contributed by atoms with E-state index in [1.54, 1.807) is 0 Å². The minimum Gasteiger partial charge on any atom is -0.394 e. The van der Waals surface area contributed by atoms with Crippen molar-refractivity contribution in [2.24, 2.45) is 0 Å². The number of aliphatic hydroxyl groups excluding tert-OH is 4. The number of rotatable bonds is 38. The van der Waals surface area contributed by atoms with Crippen molar-refractivity contribution in [3.63, 3.8) is 0 Å². The molecule has 48 heavy (non-hydrogen) atoms. The van der Waals surface area contributed by atoms with Gasteiger partial charge in [-0.25, -0.2) is 0 Å². The van der Waals surface area contributed by atoms with Gasteiger partial charge in [0, 0.05) is 0 Å². The average Bonchev–Trinajstić information content (AvgIpc) is 3.09. The Bertz CT molecular complexity index is 687. The topological polar surface area (TPSA) is 110 Å². The van der Waals surface area contributed by atoms with Crippen LogP contribution < -0.4 is 5.32 Å². The standard InChI is InChI=1S/C42H83NO5/c1-3-5-7-9-10-11-12-13-14-15-16-17-18-19-20-21-22-23-24-25-26-27-28-29-30-32-34-36-40(46)42(48)43-38(37-44)41(47)39(45)35-33-31-8-6-4-2/h19-20,38-41,44-47H,3-18,21-37H2,1-2H3,(H,43,48)/b20-19-. The van der Waals surface area contributed by atoms with Gasteiger partial charge in [-0.1, -0.05) is 193 Å². The summed E-state index contributed by atoms with van der Waals surface area (Å²) in [5.74, 6) is -0.589. The molecule has 0 saturated heterocycles. The molecule has 286 valence electrons. The van der Waals surface area contributed by atoms with Gasteiger partial charge in [0.15, 0.2) is 0 Å². The molecule has 0 aromatic heterocycles. The van der Waals surface area contributed by atoms with Gasteiger partial charge in [-0.2, -0.15) is 0 Å². The fourth-order valence-electron chi connectivity index (χ4n) is 6.57. The van der Waals surface area contributed by atoms with Crippen molar-refractivity contribution in [3.8, 4) is 0 Å². The summed E-state index contributed by atoms with van der Waals surface area (Å²) < 4.78 is 0. The van der Waals surface area contributed by atoms with E-state index in [-0.39, 0.29) is 0 Å². The Morgan fingerprint density at radius 1 is 0.500 bits per heavy atom. The summed E-state index contributed by atoms with van der Waals surface area (Å²) in [5.41, 5.74) is 0. The third-order valence-electron chi connectivity index (χ3n) is 9.98. The second-order valence-electron chi connectivity index (χ2n) is 14.7. The van der Waals surface area contributed by atoms with E-state index in [4.69, 9.17) is 0 Å². The Labute approximate surface area is 298 Å². The first-order chi connectivity index (χ1) is 23.5. The first-order valence-electron chi connectivity index (χ1n) is 21.1. The van der Waals surface area contributed by atoms with E-state index in [0.717, 1.165) is 51.4 Å². The molecule has 0 aliphatic rings. The normalized spacial score (nSPS) is 14.4. The lowest BCUT2D eigenvalue weighted by molar-refractivity contribution is -0.132. The second kappa shape index (κ2) is 37.3. The van der Waals surface area contributed by atoms with E-state index >= 15 is 0 Å². The number of nitrogens with one attached hydrogen (secondary N) is 1. The minimum absolute atomic E-state index is 0.370. The van der Waals surface area contributed by atoms with Gasteiger partial charge in [-0.3, -0.25) is 4.79 Å². The molecule has 6 nitrogen and oxygen atoms in total. The van der Waals surface area contributed by atoms with Crippen LogP contribution in [0.1, 0.15) is 219 Å². The van der Waals surface area contributed by atoms with Crippen LogP contribution in [0.4, 0.5) is 0 Å². The predicted octanol–water partition coefficient (Wildman–Crippen LogP) is 10.6. The van der Waals surface area contributed by atoms with Crippen molar-refractivity contribution in [2.45, 2.75) is 244 Å². The van der Waals surface area contributed by atoms with E-state index in [1.165, 1.54) is 141 Å². The number of allylic oxidation sites excluding steroid dienone is 2. The van der Waals surface area contributed by atoms with Gasteiger partial charge in [0.1, 0.15) is 12.2 Å². The molecule has 0 bridgehead atoms. The van der Waals surface area contributed by atoms with Crippen LogP contribution >= 0.6 is 0 Å². The number of hydrogen-bond acceptors (Lipinski definition) is 5. The maximum absolute atomic E-state index is 12.4. The molecule has 0 radical (unpaired) electrons. The van der Waals surface area contributed by atoms with Gasteiger partial charge >= 0.3 is 0 Å². The molecule has 0 aliphatic heterocycles. The number of carbonyl (C=O) groups is 1. The minimum atomic E-state index is -1.25. The van der Waals surface area contributed by atoms with Crippen LogP contribution in [-0.4, -0.2) is 57.3 Å². The highest BCUT2D eigenvalue weighted by atomic mass is 16.3. The third-order valence-corrected chi connectivity index (χ3v) is 9.98. The van der Waals surface area contributed by atoms with Crippen LogP contribution in [0.25, 0.3) is 0 Å². The molecule has 5 N–H and O–H groups in total. The van der Waals surface area contributed by atoms with Crippen LogP contribution in [0.5, 0.6) is 0 Å². The fourth-order valence-corrected chi connectivity index (χ4v) is 6.57. The lowest BCUT2D eigenvalue weighted by Gasteiger charge is -2.27. The molecule has 4 unspecified atom stereocenters. The summed E-state index contributed by atoms with van der Waals surface area (Å²) >= 11 is 0. The molecule has 0 aliphatic carbocycles. The van der Waals surface area contributed by atoms with Crippen molar-refractivity contribution >= 4 is 5.91 Å². The molecule has 0 spiro atoms. The summed E-state index contributed by atoms with van der Waals surface area (Å²) in [4.78, 5) is 12.4. The zero-order chi connectivity index (χ0) is 35.3. The largest absolute Gasteiger partial charge is 0.394 e. The van der Waals surface area contributed by atoms with E-state index in [9.17, 15) is 25.2 Å². The molecule has 0 aromatic rings. The van der Waals surface area contributed by atoms with Crippen LogP contribution in [0.3, 0.4) is 0 Å². The Morgan fingerprint density at radius 2 is 0.833 bits per heavy atom. The second-order valence-corrected chi connectivity index (χ2v) is 14.7. The highest BCUT2D eigenvalue weighted by Crippen LogP contribution is 2.16. The summed E-state index contributed by atoms with van der Waals surface area (Å²) in [7, 11) is 0. The summed E-state index contributed by atoms with van der Waals surface area (Å²) in [6.07, 6.45) is 40.2. The molecule has 1 amide bonds. The zero-order valence-corrected chi connectivity index (χ0v) is 32.0. The third kappa shape index (κ3) is 31.1. The summed E-state index contributed by atoms with van der Waals surface area (Å²) in [6, 6.07) is -0.978. The van der Waals surface area contributed by atoms with Crippen molar-refractivity contribution in [1.82, 2.24) is 5.32 Å². The van der Waals surface area contributed by atoms with Crippen LogP contribution in [0.15, 0.2) is 12.2 Å². The smallest absolute Gasteiger partial charge is 0.249 e. The van der Waals surface area contributed by atoms with Gasteiger partial charge in [0.25, 0.3) is 0 Å². The van der Waals surface area contributed by atoms with Gasteiger partial charge in [-0.05, 0) is 38.5 Å². The Hall–Kier alpha value is -0.950. The van der Waals surface area contributed by atoms with Crippen molar-refractivity contribution < 1.29 is 25.2 Å². The van der Waals surface area contributed by atoms with Crippen molar-refractivity contribution in [3.05, 3.63) is 12.2 Å².